The van der Waals surface area contributed by atoms with E-state index in [9.17, 15) is 14.7 Å². The van der Waals surface area contributed by atoms with Crippen LogP contribution in [0.4, 0.5) is 0 Å². The van der Waals surface area contributed by atoms with Gasteiger partial charge in [-0.25, -0.2) is 0 Å². The minimum Gasteiger partial charge on any atom is -0.503 e. The number of hydrogen-bond acceptors (Lipinski definition) is 3. The van der Waals surface area contributed by atoms with Gasteiger partial charge in [0.1, 0.15) is 0 Å². The summed E-state index contributed by atoms with van der Waals surface area (Å²) in [7, 11) is 0. The highest BCUT2D eigenvalue weighted by atomic mass is 35.5. The molecule has 154 valence electrons. The van der Waals surface area contributed by atoms with Crippen LogP contribution in [0.5, 0.6) is 5.75 Å². The van der Waals surface area contributed by atoms with Crippen LogP contribution in [0.25, 0.3) is 16.6 Å². The van der Waals surface area contributed by atoms with Gasteiger partial charge in [0.05, 0.1) is 12.1 Å². The van der Waals surface area contributed by atoms with E-state index in [1.54, 1.807) is 30.7 Å². The first-order valence-corrected chi connectivity index (χ1v) is 9.53. The van der Waals surface area contributed by atoms with Gasteiger partial charge in [-0.15, -0.1) is 12.4 Å². The quantitative estimate of drug-likeness (QED) is 0.505. The Kier molecular flexibility index (Phi) is 6.06. The lowest BCUT2D eigenvalue weighted by atomic mass is 9.96. The molecule has 0 fully saturated rings. The molecule has 0 atom stereocenters. The number of halogens is 2. The highest BCUT2D eigenvalue weighted by Gasteiger charge is 2.18. The van der Waals surface area contributed by atoms with Gasteiger partial charge in [-0.2, -0.15) is 0 Å². The number of aromatic hydroxyl groups is 1. The maximum Gasteiger partial charge on any atom is 0.279 e. The van der Waals surface area contributed by atoms with Gasteiger partial charge in [0.15, 0.2) is 11.3 Å². The number of fused-ring (bicyclic) bond motifs is 1. The van der Waals surface area contributed by atoms with Crippen molar-refractivity contribution < 1.29 is 5.11 Å². The second-order valence-electron chi connectivity index (χ2n) is 7.10. The molecular weight excluding hydrogens is 423 g/mol. The lowest BCUT2D eigenvalue weighted by molar-refractivity contribution is 0.472. The summed E-state index contributed by atoms with van der Waals surface area (Å²) in [5.41, 5.74) is 2.78. The standard InChI is InChI=1S/C23H19ClN2O3.ClH/c1-14-5-3-6-15(2)19(14)18-13-25-9-10-26(12-16-7-4-8-17(24)11-16)23(29)20(25)22(28)21(18)27;/h3-11,13,28H,12H2,1-2H3;1H. The van der Waals surface area contributed by atoms with Gasteiger partial charge >= 0.3 is 0 Å². The van der Waals surface area contributed by atoms with Crippen LogP contribution in [-0.4, -0.2) is 14.1 Å². The number of nitrogens with zero attached hydrogens (tertiary/aromatic N) is 2. The summed E-state index contributed by atoms with van der Waals surface area (Å²) < 4.78 is 2.95. The van der Waals surface area contributed by atoms with Crippen molar-refractivity contribution in [2.45, 2.75) is 20.4 Å². The van der Waals surface area contributed by atoms with Crippen molar-refractivity contribution in [2.75, 3.05) is 0 Å². The molecule has 0 saturated carbocycles. The Morgan fingerprint density at radius 1 is 1.00 bits per heavy atom. The molecule has 4 aromatic rings. The molecule has 0 radical (unpaired) electrons. The maximum atomic E-state index is 13.0. The van der Waals surface area contributed by atoms with Crippen LogP contribution >= 0.6 is 24.0 Å². The van der Waals surface area contributed by atoms with E-state index in [0.29, 0.717) is 10.6 Å². The minimum absolute atomic E-state index is 0. The highest BCUT2D eigenvalue weighted by molar-refractivity contribution is 6.30. The van der Waals surface area contributed by atoms with Crippen molar-refractivity contribution >= 4 is 29.5 Å². The lowest BCUT2D eigenvalue weighted by Gasteiger charge is -2.13. The van der Waals surface area contributed by atoms with Crippen LogP contribution in [0.1, 0.15) is 16.7 Å². The molecule has 0 spiro atoms. The fraction of sp³-hybridized carbons (Fsp3) is 0.130. The van der Waals surface area contributed by atoms with Gasteiger partial charge in [0.25, 0.3) is 5.56 Å². The molecule has 0 bridgehead atoms. The van der Waals surface area contributed by atoms with Gasteiger partial charge in [-0.1, -0.05) is 41.9 Å². The Labute approximate surface area is 184 Å². The molecule has 0 aliphatic rings. The average Bonchev–Trinajstić information content (AvgIpc) is 2.67. The van der Waals surface area contributed by atoms with Crippen molar-refractivity contribution in [3.8, 4) is 16.9 Å². The van der Waals surface area contributed by atoms with E-state index in [1.165, 1.54) is 8.97 Å². The molecule has 2 aromatic carbocycles. The van der Waals surface area contributed by atoms with Crippen molar-refractivity contribution in [1.29, 1.82) is 0 Å². The van der Waals surface area contributed by atoms with Crippen LogP contribution in [0.3, 0.4) is 0 Å². The van der Waals surface area contributed by atoms with Gasteiger partial charge in [0, 0.05) is 23.6 Å². The SMILES string of the molecule is Cc1cccc(C)c1-c1cn2ccn(Cc3cccc(Cl)c3)c(=O)c2c(O)c1=O.Cl. The fourth-order valence-electron chi connectivity index (χ4n) is 3.68. The fourth-order valence-corrected chi connectivity index (χ4v) is 3.89. The molecule has 0 aliphatic carbocycles. The zero-order chi connectivity index (χ0) is 20.7. The first kappa shape index (κ1) is 21.7. The van der Waals surface area contributed by atoms with E-state index in [0.717, 1.165) is 22.3 Å². The molecule has 0 aliphatic heterocycles. The van der Waals surface area contributed by atoms with Crippen molar-refractivity contribution in [2.24, 2.45) is 0 Å². The summed E-state index contributed by atoms with van der Waals surface area (Å²) in [5, 5.41) is 11.2. The van der Waals surface area contributed by atoms with Crippen molar-refractivity contribution in [3.05, 3.63) is 103 Å². The zero-order valence-electron chi connectivity index (χ0n) is 16.4. The highest BCUT2D eigenvalue weighted by Crippen LogP contribution is 2.26. The molecule has 30 heavy (non-hydrogen) atoms. The predicted octanol–water partition coefficient (Wildman–Crippen LogP) is 4.57. The molecule has 4 rings (SSSR count). The molecule has 0 amide bonds. The molecule has 0 unspecified atom stereocenters. The van der Waals surface area contributed by atoms with Crippen molar-refractivity contribution in [3.63, 3.8) is 0 Å². The molecule has 7 heteroatoms. The molecular formula is C23H20Cl2N2O3. The normalized spacial score (nSPS) is 10.8. The topological polar surface area (TPSA) is 63.7 Å². The Morgan fingerprint density at radius 3 is 2.33 bits per heavy atom. The Bertz CT molecular complexity index is 1350. The summed E-state index contributed by atoms with van der Waals surface area (Å²) in [6, 6.07) is 12.9. The number of pyridine rings is 1. The zero-order valence-corrected chi connectivity index (χ0v) is 18.0. The number of benzene rings is 2. The summed E-state index contributed by atoms with van der Waals surface area (Å²) in [6.45, 7) is 4.11. The van der Waals surface area contributed by atoms with Crippen molar-refractivity contribution in [1.82, 2.24) is 8.97 Å². The largest absolute Gasteiger partial charge is 0.503 e. The maximum absolute atomic E-state index is 13.0. The van der Waals surface area contributed by atoms with Crippen LogP contribution in [0.15, 0.2) is 70.6 Å². The van der Waals surface area contributed by atoms with E-state index in [4.69, 9.17) is 11.6 Å². The molecule has 2 heterocycles. The van der Waals surface area contributed by atoms with Gasteiger partial charge < -0.3 is 14.1 Å². The molecule has 2 aromatic heterocycles. The van der Waals surface area contributed by atoms with E-state index in [-0.39, 0.29) is 24.5 Å². The van der Waals surface area contributed by atoms with E-state index >= 15 is 0 Å². The van der Waals surface area contributed by atoms with Crippen LogP contribution < -0.4 is 11.0 Å². The summed E-state index contributed by atoms with van der Waals surface area (Å²) in [5.74, 6) is -0.546. The van der Waals surface area contributed by atoms with Crippen LogP contribution in [0, 0.1) is 13.8 Å². The predicted molar refractivity (Wildman–Crippen MR) is 122 cm³/mol. The van der Waals surface area contributed by atoms with Gasteiger partial charge in [-0.3, -0.25) is 9.59 Å². The van der Waals surface area contributed by atoms with E-state index in [1.807, 2.05) is 44.2 Å². The Balaban J connectivity index is 0.00000256. The molecule has 0 saturated heterocycles. The van der Waals surface area contributed by atoms with Gasteiger partial charge in [0.2, 0.25) is 5.43 Å². The summed E-state index contributed by atoms with van der Waals surface area (Å²) >= 11 is 6.02. The van der Waals surface area contributed by atoms with Crippen LogP contribution in [-0.2, 0) is 6.54 Å². The minimum atomic E-state index is -0.556. The number of aryl methyl sites for hydroxylation is 2. The Morgan fingerprint density at radius 2 is 1.67 bits per heavy atom. The Hall–Kier alpha value is -3.02. The number of rotatable bonds is 3. The monoisotopic (exact) mass is 442 g/mol. The third-order valence-electron chi connectivity index (χ3n) is 5.07. The third-order valence-corrected chi connectivity index (χ3v) is 5.31. The number of hydrogen-bond donors (Lipinski definition) is 1. The first-order chi connectivity index (χ1) is 13.9. The third kappa shape index (κ3) is 3.74. The first-order valence-electron chi connectivity index (χ1n) is 9.15. The number of aromatic nitrogens is 2. The average molecular weight is 443 g/mol. The smallest absolute Gasteiger partial charge is 0.279 e. The summed E-state index contributed by atoms with van der Waals surface area (Å²) in [4.78, 5) is 25.9. The van der Waals surface area contributed by atoms with E-state index in [2.05, 4.69) is 0 Å². The molecule has 1 N–H and O–H groups in total. The second-order valence-corrected chi connectivity index (χ2v) is 7.54. The lowest BCUT2D eigenvalue weighted by Crippen LogP contribution is -2.24. The summed E-state index contributed by atoms with van der Waals surface area (Å²) in [6.07, 6.45) is 4.91. The molecule has 5 nitrogen and oxygen atoms in total. The van der Waals surface area contributed by atoms with Gasteiger partial charge in [-0.05, 0) is 48.2 Å². The second kappa shape index (κ2) is 8.38. The van der Waals surface area contributed by atoms with E-state index < -0.39 is 16.7 Å². The van der Waals surface area contributed by atoms with Crippen LogP contribution in [0.2, 0.25) is 5.02 Å².